The van der Waals surface area contributed by atoms with Crippen LogP contribution >= 0.6 is 0 Å². The Hall–Kier alpha value is -2.27. The molecule has 21 heavy (non-hydrogen) atoms. The number of anilines is 1. The minimum atomic E-state index is -0.513. The normalized spacial score (nSPS) is 14.9. The van der Waals surface area contributed by atoms with Crippen molar-refractivity contribution in [3.8, 4) is 11.1 Å². The minimum Gasteiger partial charge on any atom is -0.396 e. The van der Waals surface area contributed by atoms with E-state index in [-0.39, 0.29) is 5.56 Å². The van der Waals surface area contributed by atoms with E-state index in [1.165, 1.54) is 0 Å². The standard InChI is InChI=1S/C16H14F2N2O/c17-11-1-2-14(18)13(9-11)12-3-6-20-16(15(12)19)10-4-7-21-8-5-10/h1-4,6,9H,5,7-8,19H2. The lowest BCUT2D eigenvalue weighted by Crippen LogP contribution is -2.07. The average molecular weight is 288 g/mol. The van der Waals surface area contributed by atoms with Crippen molar-refractivity contribution in [2.45, 2.75) is 6.42 Å². The molecule has 3 rings (SSSR count). The monoisotopic (exact) mass is 288 g/mol. The number of nitrogens with two attached hydrogens (primary N) is 1. The zero-order chi connectivity index (χ0) is 14.8. The number of hydrogen-bond donors (Lipinski definition) is 1. The predicted molar refractivity (Wildman–Crippen MR) is 77.4 cm³/mol. The SMILES string of the molecule is Nc1c(-c2cc(F)ccc2F)ccnc1C1=CCOCC1. The van der Waals surface area contributed by atoms with Crippen molar-refractivity contribution in [1.29, 1.82) is 0 Å². The molecule has 0 radical (unpaired) electrons. The van der Waals surface area contributed by atoms with E-state index in [0.29, 0.717) is 36.6 Å². The molecule has 2 N–H and O–H groups in total. The van der Waals surface area contributed by atoms with Crippen LogP contribution in [-0.2, 0) is 4.74 Å². The number of pyridine rings is 1. The first-order chi connectivity index (χ1) is 10.2. The van der Waals surface area contributed by atoms with E-state index in [1.54, 1.807) is 12.3 Å². The Balaban J connectivity index is 2.12. The van der Waals surface area contributed by atoms with Gasteiger partial charge in [-0.3, -0.25) is 4.98 Å². The lowest BCUT2D eigenvalue weighted by atomic mass is 9.98. The fourth-order valence-electron chi connectivity index (χ4n) is 2.41. The van der Waals surface area contributed by atoms with Crippen molar-refractivity contribution in [1.82, 2.24) is 4.98 Å². The van der Waals surface area contributed by atoms with Gasteiger partial charge in [-0.15, -0.1) is 0 Å². The van der Waals surface area contributed by atoms with Gasteiger partial charge < -0.3 is 10.5 Å². The smallest absolute Gasteiger partial charge is 0.131 e. The molecule has 0 unspecified atom stereocenters. The molecule has 0 atom stereocenters. The predicted octanol–water partition coefficient (Wildman–Crippen LogP) is 3.41. The minimum absolute atomic E-state index is 0.142. The molecular weight excluding hydrogens is 274 g/mol. The summed E-state index contributed by atoms with van der Waals surface area (Å²) in [6, 6.07) is 4.91. The molecule has 0 saturated heterocycles. The van der Waals surface area contributed by atoms with Gasteiger partial charge in [0.05, 0.1) is 24.6 Å². The van der Waals surface area contributed by atoms with Crippen molar-refractivity contribution < 1.29 is 13.5 Å². The molecule has 0 amide bonds. The van der Waals surface area contributed by atoms with Gasteiger partial charge in [0.2, 0.25) is 0 Å². The van der Waals surface area contributed by atoms with Crippen molar-refractivity contribution in [3.05, 3.63) is 53.9 Å². The van der Waals surface area contributed by atoms with Gasteiger partial charge in [0.25, 0.3) is 0 Å². The maximum absolute atomic E-state index is 13.9. The van der Waals surface area contributed by atoms with E-state index in [9.17, 15) is 8.78 Å². The van der Waals surface area contributed by atoms with Crippen LogP contribution in [0.1, 0.15) is 12.1 Å². The summed E-state index contributed by atoms with van der Waals surface area (Å²) in [6.45, 7) is 1.11. The van der Waals surface area contributed by atoms with Crippen LogP contribution in [-0.4, -0.2) is 18.2 Å². The first-order valence-corrected chi connectivity index (χ1v) is 6.64. The second kappa shape index (κ2) is 5.61. The number of hydrogen-bond acceptors (Lipinski definition) is 3. The number of rotatable bonds is 2. The fourth-order valence-corrected chi connectivity index (χ4v) is 2.41. The van der Waals surface area contributed by atoms with E-state index < -0.39 is 11.6 Å². The summed E-state index contributed by atoms with van der Waals surface area (Å²) in [5.74, 6) is -1.02. The van der Waals surface area contributed by atoms with Crippen LogP contribution in [0.3, 0.4) is 0 Å². The second-order valence-electron chi connectivity index (χ2n) is 4.80. The first kappa shape index (κ1) is 13.7. The largest absolute Gasteiger partial charge is 0.396 e. The van der Waals surface area contributed by atoms with Crippen LogP contribution in [0.2, 0.25) is 0 Å². The van der Waals surface area contributed by atoms with Crippen molar-refractivity contribution in [2.24, 2.45) is 0 Å². The summed E-state index contributed by atoms with van der Waals surface area (Å²) in [6.07, 6.45) is 4.17. The molecule has 1 aliphatic rings. The average Bonchev–Trinajstić information content (AvgIpc) is 2.51. The lowest BCUT2D eigenvalue weighted by Gasteiger charge is -2.16. The van der Waals surface area contributed by atoms with E-state index >= 15 is 0 Å². The number of benzene rings is 1. The molecule has 0 aliphatic carbocycles. The molecule has 5 heteroatoms. The number of nitrogens with zero attached hydrogens (tertiary/aromatic N) is 1. The Kier molecular flexibility index (Phi) is 3.66. The van der Waals surface area contributed by atoms with Crippen LogP contribution in [0, 0.1) is 11.6 Å². The number of aromatic nitrogens is 1. The van der Waals surface area contributed by atoms with Gasteiger partial charge in [-0.25, -0.2) is 8.78 Å². The number of halogens is 2. The molecule has 3 nitrogen and oxygen atoms in total. The van der Waals surface area contributed by atoms with Gasteiger partial charge in [0.15, 0.2) is 0 Å². The number of nitrogen functional groups attached to an aromatic ring is 1. The third-order valence-corrected chi connectivity index (χ3v) is 3.48. The molecule has 1 aliphatic heterocycles. The summed E-state index contributed by atoms with van der Waals surface area (Å²) < 4.78 is 32.6. The zero-order valence-corrected chi connectivity index (χ0v) is 11.3. The highest BCUT2D eigenvalue weighted by molar-refractivity contribution is 5.85. The highest BCUT2D eigenvalue weighted by atomic mass is 19.1. The van der Waals surface area contributed by atoms with Gasteiger partial charge in [0.1, 0.15) is 11.6 Å². The van der Waals surface area contributed by atoms with Crippen LogP contribution in [0.5, 0.6) is 0 Å². The summed E-state index contributed by atoms with van der Waals surface area (Å²) >= 11 is 0. The Bertz CT molecular complexity index is 713. The van der Waals surface area contributed by atoms with Crippen molar-refractivity contribution in [3.63, 3.8) is 0 Å². The third kappa shape index (κ3) is 2.64. The molecule has 0 spiro atoms. The van der Waals surface area contributed by atoms with Crippen LogP contribution < -0.4 is 5.73 Å². The highest BCUT2D eigenvalue weighted by Crippen LogP contribution is 2.34. The van der Waals surface area contributed by atoms with E-state index in [1.807, 2.05) is 6.08 Å². The fraction of sp³-hybridized carbons (Fsp3) is 0.188. The second-order valence-corrected chi connectivity index (χ2v) is 4.80. The zero-order valence-electron chi connectivity index (χ0n) is 11.3. The molecule has 0 fully saturated rings. The van der Waals surface area contributed by atoms with Crippen LogP contribution in [0.15, 0.2) is 36.5 Å². The molecule has 0 saturated carbocycles. The summed E-state index contributed by atoms with van der Waals surface area (Å²) in [7, 11) is 0. The summed E-state index contributed by atoms with van der Waals surface area (Å²) in [5, 5.41) is 0. The molecule has 2 heterocycles. The molecule has 1 aromatic heterocycles. The molecule has 1 aromatic carbocycles. The Morgan fingerprint density at radius 3 is 2.76 bits per heavy atom. The summed E-state index contributed by atoms with van der Waals surface area (Å²) in [4.78, 5) is 4.28. The third-order valence-electron chi connectivity index (χ3n) is 3.48. The van der Waals surface area contributed by atoms with Crippen LogP contribution in [0.4, 0.5) is 14.5 Å². The van der Waals surface area contributed by atoms with Gasteiger partial charge in [-0.1, -0.05) is 6.08 Å². The lowest BCUT2D eigenvalue weighted by molar-refractivity contribution is 0.161. The van der Waals surface area contributed by atoms with E-state index in [0.717, 1.165) is 23.8 Å². The maximum atomic E-state index is 13.9. The van der Waals surface area contributed by atoms with Crippen molar-refractivity contribution >= 4 is 11.3 Å². The molecule has 108 valence electrons. The van der Waals surface area contributed by atoms with Crippen LogP contribution in [0.25, 0.3) is 16.7 Å². The Morgan fingerprint density at radius 2 is 2.00 bits per heavy atom. The van der Waals surface area contributed by atoms with Gasteiger partial charge >= 0.3 is 0 Å². The van der Waals surface area contributed by atoms with Crippen molar-refractivity contribution in [2.75, 3.05) is 18.9 Å². The topological polar surface area (TPSA) is 48.1 Å². The Labute approximate surface area is 121 Å². The quantitative estimate of drug-likeness (QED) is 0.921. The maximum Gasteiger partial charge on any atom is 0.131 e. The Morgan fingerprint density at radius 1 is 1.14 bits per heavy atom. The molecule has 2 aromatic rings. The summed E-state index contributed by atoms with van der Waals surface area (Å²) in [5.41, 5.74) is 8.66. The highest BCUT2D eigenvalue weighted by Gasteiger charge is 2.16. The van der Waals surface area contributed by atoms with Gasteiger partial charge in [-0.2, -0.15) is 0 Å². The molecule has 0 bridgehead atoms. The van der Waals surface area contributed by atoms with E-state index in [4.69, 9.17) is 10.5 Å². The first-order valence-electron chi connectivity index (χ1n) is 6.64. The number of ether oxygens (including phenoxy) is 1. The van der Waals surface area contributed by atoms with Gasteiger partial charge in [0, 0.05) is 17.3 Å². The molecular formula is C16H14F2N2O. The van der Waals surface area contributed by atoms with E-state index in [2.05, 4.69) is 4.98 Å². The van der Waals surface area contributed by atoms with Gasteiger partial charge in [-0.05, 0) is 36.3 Å².